The van der Waals surface area contributed by atoms with E-state index >= 15 is 0 Å². The van der Waals surface area contributed by atoms with Crippen LogP contribution in [0.2, 0.25) is 0 Å². The number of hydrogen-bond donors (Lipinski definition) is 0. The van der Waals surface area contributed by atoms with Gasteiger partial charge in [-0.25, -0.2) is 0 Å². The van der Waals surface area contributed by atoms with Gasteiger partial charge >= 0.3 is 0 Å². The van der Waals surface area contributed by atoms with E-state index in [1.54, 1.807) is 0 Å². The lowest BCUT2D eigenvalue weighted by molar-refractivity contribution is 0.669. The standard InChI is InChI=1S/C56H33NO/c1-2-10-38-31-39(24-21-34(38)9-1)35-25-27-41(28-26-35)57(42-29-30-52-49(33-42)43-14-3-4-20-51(43)58-52)50-32-40-13-7-17-45-44-15-5-11-36-22-23-37-12-6-16-46(54(37)53(36)44)47-18-8-19-48(50)56(47)55(40)45/h1-33H. The second-order valence-corrected chi connectivity index (χ2v) is 15.6. The predicted octanol–water partition coefficient (Wildman–Crippen LogP) is 16.2. The summed E-state index contributed by atoms with van der Waals surface area (Å²) in [7, 11) is 0. The van der Waals surface area contributed by atoms with Gasteiger partial charge in [-0.1, -0.05) is 152 Å². The van der Waals surface area contributed by atoms with E-state index in [0.717, 1.165) is 39.0 Å². The molecule has 0 bridgehead atoms. The van der Waals surface area contributed by atoms with Crippen molar-refractivity contribution >= 4 is 114 Å². The Hall–Kier alpha value is -7.68. The van der Waals surface area contributed by atoms with E-state index in [-0.39, 0.29) is 0 Å². The second kappa shape index (κ2) is 11.9. The van der Waals surface area contributed by atoms with Gasteiger partial charge in [-0.15, -0.1) is 0 Å². The molecule has 13 aromatic rings. The molecule has 2 nitrogen and oxygen atoms in total. The largest absolute Gasteiger partial charge is 0.456 e. The molecular formula is C56H33NO. The Morgan fingerprint density at radius 3 is 1.55 bits per heavy atom. The minimum absolute atomic E-state index is 0.884. The molecule has 2 heteroatoms. The molecule has 0 saturated heterocycles. The molecule has 12 aromatic carbocycles. The lowest BCUT2D eigenvalue weighted by Gasteiger charge is -2.28. The normalized spacial score (nSPS) is 12.1. The van der Waals surface area contributed by atoms with Gasteiger partial charge in [-0.2, -0.15) is 0 Å². The first-order chi connectivity index (χ1) is 28.7. The molecular weight excluding hydrogens is 703 g/mol. The topological polar surface area (TPSA) is 16.4 Å². The van der Waals surface area contributed by atoms with Crippen LogP contribution in [0.5, 0.6) is 0 Å². The van der Waals surface area contributed by atoms with E-state index in [1.807, 2.05) is 6.07 Å². The first kappa shape index (κ1) is 31.5. The smallest absolute Gasteiger partial charge is 0.135 e. The third kappa shape index (κ3) is 4.48. The van der Waals surface area contributed by atoms with Gasteiger partial charge in [0.1, 0.15) is 11.2 Å². The summed E-state index contributed by atoms with van der Waals surface area (Å²) >= 11 is 0. The number of rotatable bonds is 4. The molecule has 268 valence electrons. The molecule has 0 aliphatic heterocycles. The molecule has 0 aliphatic rings. The fraction of sp³-hybridized carbons (Fsp3) is 0. The lowest BCUT2D eigenvalue weighted by Crippen LogP contribution is -2.10. The molecule has 0 atom stereocenters. The van der Waals surface area contributed by atoms with Crippen molar-refractivity contribution in [2.24, 2.45) is 0 Å². The number of benzene rings is 11. The summed E-state index contributed by atoms with van der Waals surface area (Å²) in [5, 5.41) is 19.9. The van der Waals surface area contributed by atoms with Crippen LogP contribution in [0.4, 0.5) is 17.1 Å². The van der Waals surface area contributed by atoms with Crippen LogP contribution in [0.3, 0.4) is 0 Å². The Labute approximate surface area is 333 Å². The van der Waals surface area contributed by atoms with Crippen LogP contribution in [0.15, 0.2) is 205 Å². The van der Waals surface area contributed by atoms with E-state index in [4.69, 9.17) is 4.42 Å². The zero-order valence-electron chi connectivity index (χ0n) is 31.4. The third-order valence-corrected chi connectivity index (χ3v) is 12.5. The molecule has 13 rings (SSSR count). The van der Waals surface area contributed by atoms with E-state index in [9.17, 15) is 0 Å². The molecule has 0 saturated carbocycles. The number of nitrogens with zero attached hydrogens (tertiary/aromatic N) is 1. The highest BCUT2D eigenvalue weighted by Crippen LogP contribution is 2.49. The molecule has 58 heavy (non-hydrogen) atoms. The van der Waals surface area contributed by atoms with Gasteiger partial charge < -0.3 is 9.32 Å². The van der Waals surface area contributed by atoms with E-state index < -0.39 is 0 Å². The van der Waals surface area contributed by atoms with Crippen molar-refractivity contribution in [3.63, 3.8) is 0 Å². The van der Waals surface area contributed by atoms with Crippen molar-refractivity contribution in [3.8, 4) is 11.1 Å². The maximum absolute atomic E-state index is 6.35. The van der Waals surface area contributed by atoms with Crippen LogP contribution in [-0.2, 0) is 0 Å². The number of hydrogen-bond acceptors (Lipinski definition) is 2. The quantitative estimate of drug-likeness (QED) is 0.167. The van der Waals surface area contributed by atoms with Crippen LogP contribution in [0, 0.1) is 0 Å². The van der Waals surface area contributed by atoms with Crippen LogP contribution >= 0.6 is 0 Å². The number of anilines is 3. The average Bonchev–Trinajstić information content (AvgIpc) is 3.66. The molecule has 1 heterocycles. The molecule has 0 radical (unpaired) electrons. The van der Waals surface area contributed by atoms with Gasteiger partial charge in [0.2, 0.25) is 0 Å². The Bertz CT molecular complexity index is 3800. The first-order valence-corrected chi connectivity index (χ1v) is 20.0. The highest BCUT2D eigenvalue weighted by molar-refractivity contribution is 6.38. The van der Waals surface area contributed by atoms with Crippen molar-refractivity contribution < 1.29 is 4.42 Å². The zero-order chi connectivity index (χ0) is 37.9. The summed E-state index contributed by atoms with van der Waals surface area (Å²) in [5.74, 6) is 0. The molecule has 0 N–H and O–H groups in total. The Balaban J connectivity index is 1.13. The van der Waals surface area contributed by atoms with Crippen LogP contribution in [0.1, 0.15) is 0 Å². The number of fused-ring (bicyclic) bond motifs is 6. The molecule has 1 aromatic heterocycles. The van der Waals surface area contributed by atoms with Crippen LogP contribution in [0.25, 0.3) is 108 Å². The van der Waals surface area contributed by atoms with Crippen molar-refractivity contribution in [2.75, 3.05) is 4.90 Å². The van der Waals surface area contributed by atoms with Crippen molar-refractivity contribution in [1.82, 2.24) is 0 Å². The second-order valence-electron chi connectivity index (χ2n) is 15.6. The summed E-state index contributed by atoms with van der Waals surface area (Å²) in [6.07, 6.45) is 0. The number of furan rings is 1. The molecule has 0 spiro atoms. The van der Waals surface area contributed by atoms with Crippen molar-refractivity contribution in [2.45, 2.75) is 0 Å². The summed E-state index contributed by atoms with van der Waals surface area (Å²) in [4.78, 5) is 2.45. The minimum Gasteiger partial charge on any atom is -0.456 e. The Kier molecular flexibility index (Phi) is 6.47. The molecule has 0 aliphatic carbocycles. The summed E-state index contributed by atoms with van der Waals surface area (Å²) in [6.45, 7) is 0. The fourth-order valence-corrected chi connectivity index (χ4v) is 9.92. The first-order valence-electron chi connectivity index (χ1n) is 20.0. The number of para-hydroxylation sites is 1. The highest BCUT2D eigenvalue weighted by Gasteiger charge is 2.22. The fourth-order valence-electron chi connectivity index (χ4n) is 9.92. The van der Waals surface area contributed by atoms with Gasteiger partial charge in [-0.3, -0.25) is 0 Å². The van der Waals surface area contributed by atoms with Gasteiger partial charge in [0, 0.05) is 32.9 Å². The summed E-state index contributed by atoms with van der Waals surface area (Å²) < 4.78 is 6.35. The molecule has 0 unspecified atom stereocenters. The SMILES string of the molecule is c1ccc2cc(-c3ccc(N(c4ccc5oc6ccccc6c5c4)c4cc5cccc6c7cccc8ccc9cccc(c%10cccc4c%10c56)c9c87)cc3)ccc2c1. The predicted molar refractivity (Wildman–Crippen MR) is 248 cm³/mol. The third-order valence-electron chi connectivity index (χ3n) is 12.5. The maximum atomic E-state index is 6.35. The Morgan fingerprint density at radius 1 is 0.276 bits per heavy atom. The molecule has 0 fully saturated rings. The summed E-state index contributed by atoms with van der Waals surface area (Å²) in [6, 6.07) is 73.6. The van der Waals surface area contributed by atoms with Gasteiger partial charge in [-0.05, 0) is 124 Å². The Morgan fingerprint density at radius 2 is 0.793 bits per heavy atom. The van der Waals surface area contributed by atoms with Gasteiger partial charge in [0.05, 0.1) is 5.69 Å². The van der Waals surface area contributed by atoms with Crippen LogP contribution in [-0.4, -0.2) is 0 Å². The average molecular weight is 736 g/mol. The molecule has 0 amide bonds. The van der Waals surface area contributed by atoms with E-state index in [1.165, 1.54) is 86.5 Å². The lowest BCUT2D eigenvalue weighted by atomic mass is 9.87. The van der Waals surface area contributed by atoms with Crippen molar-refractivity contribution in [3.05, 3.63) is 200 Å². The van der Waals surface area contributed by atoms with Crippen molar-refractivity contribution in [1.29, 1.82) is 0 Å². The monoisotopic (exact) mass is 735 g/mol. The maximum Gasteiger partial charge on any atom is 0.135 e. The van der Waals surface area contributed by atoms with Gasteiger partial charge in [0.25, 0.3) is 0 Å². The highest BCUT2D eigenvalue weighted by atomic mass is 16.3. The van der Waals surface area contributed by atoms with Gasteiger partial charge in [0.15, 0.2) is 0 Å². The summed E-state index contributed by atoms with van der Waals surface area (Å²) in [5.41, 5.74) is 7.46. The van der Waals surface area contributed by atoms with E-state index in [0.29, 0.717) is 0 Å². The van der Waals surface area contributed by atoms with E-state index in [2.05, 4.69) is 199 Å². The minimum atomic E-state index is 0.884. The zero-order valence-corrected chi connectivity index (χ0v) is 31.4. The van der Waals surface area contributed by atoms with Crippen LogP contribution < -0.4 is 4.90 Å².